The Morgan fingerprint density at radius 1 is 1.30 bits per heavy atom. The number of carboxylic acid groups (broad SMARTS) is 1. The minimum Gasteiger partial charge on any atom is -0.481 e. The third-order valence-electron chi connectivity index (χ3n) is 6.71. The number of nitrogens with one attached hydrogen (secondary N) is 2. The summed E-state index contributed by atoms with van der Waals surface area (Å²) in [5, 5.41) is 15.0. The lowest BCUT2D eigenvalue weighted by molar-refractivity contribution is -0.137. The summed E-state index contributed by atoms with van der Waals surface area (Å²) in [5.41, 5.74) is 1.77. The number of fused-ring (bicyclic) bond motifs is 1. The fourth-order valence-corrected chi connectivity index (χ4v) is 4.62. The SMILES string of the molecule is CC(C)N(CCCCC(=O)O)Cc1cc(N=CC2C(=O)Nc3ncnc(N4CCNCC4)c32)ccc1F. The smallest absolute Gasteiger partial charge is 0.303 e. The van der Waals surface area contributed by atoms with Crippen molar-refractivity contribution in [2.45, 2.75) is 51.6 Å². The van der Waals surface area contributed by atoms with Crippen molar-refractivity contribution < 1.29 is 19.1 Å². The number of unbranched alkanes of at least 4 members (excludes halogenated alkanes) is 1. The summed E-state index contributed by atoms with van der Waals surface area (Å²) < 4.78 is 14.7. The number of piperazine rings is 1. The van der Waals surface area contributed by atoms with Gasteiger partial charge in [-0.05, 0) is 51.4 Å². The van der Waals surface area contributed by atoms with Crippen molar-refractivity contribution in [3.63, 3.8) is 0 Å². The minimum absolute atomic E-state index is 0.129. The Balaban J connectivity index is 1.50. The van der Waals surface area contributed by atoms with E-state index in [1.807, 2.05) is 13.8 Å². The molecule has 198 valence electrons. The number of anilines is 2. The number of hydrogen-bond donors (Lipinski definition) is 3. The molecule has 1 aromatic heterocycles. The Morgan fingerprint density at radius 3 is 2.81 bits per heavy atom. The molecule has 3 N–H and O–H groups in total. The lowest BCUT2D eigenvalue weighted by Crippen LogP contribution is -2.44. The first kappa shape index (κ1) is 26.6. The number of rotatable bonds is 11. The van der Waals surface area contributed by atoms with Gasteiger partial charge in [0, 0.05) is 57.0 Å². The average Bonchev–Trinajstić information content (AvgIpc) is 3.21. The summed E-state index contributed by atoms with van der Waals surface area (Å²) in [4.78, 5) is 41.1. The first-order valence-corrected chi connectivity index (χ1v) is 12.7. The average molecular weight is 512 g/mol. The van der Waals surface area contributed by atoms with Crippen molar-refractivity contribution in [1.29, 1.82) is 0 Å². The van der Waals surface area contributed by atoms with Gasteiger partial charge in [-0.15, -0.1) is 0 Å². The van der Waals surface area contributed by atoms with E-state index in [-0.39, 0.29) is 24.2 Å². The Hall–Kier alpha value is -3.44. The lowest BCUT2D eigenvalue weighted by Gasteiger charge is -2.29. The maximum absolute atomic E-state index is 14.7. The molecule has 1 aromatic carbocycles. The molecule has 0 saturated carbocycles. The van der Waals surface area contributed by atoms with E-state index in [4.69, 9.17) is 5.11 Å². The number of benzene rings is 1. The Bertz CT molecular complexity index is 1150. The van der Waals surface area contributed by atoms with E-state index in [2.05, 4.69) is 35.4 Å². The standard InChI is InChI=1S/C26H34FN7O3/c1-17(2)34(10-4-3-5-22(35)36)15-18-13-19(6-7-21(18)27)29-14-20-23-24(32-26(20)37)30-16-31-25(23)33-11-8-28-9-12-33/h6-7,13-14,16-17,20,28H,3-5,8-12,15H2,1-2H3,(H,35,36)(H,30,31,32,37). The fourth-order valence-electron chi connectivity index (χ4n) is 4.62. The van der Waals surface area contributed by atoms with Gasteiger partial charge in [-0.25, -0.2) is 14.4 Å². The van der Waals surface area contributed by atoms with Crippen LogP contribution in [0.2, 0.25) is 0 Å². The van der Waals surface area contributed by atoms with E-state index < -0.39 is 11.9 Å². The molecule has 2 aliphatic heterocycles. The van der Waals surface area contributed by atoms with Gasteiger partial charge in [0.05, 0.1) is 11.3 Å². The number of halogens is 1. The summed E-state index contributed by atoms with van der Waals surface area (Å²) >= 11 is 0. The monoisotopic (exact) mass is 511 g/mol. The van der Waals surface area contributed by atoms with Gasteiger partial charge >= 0.3 is 5.97 Å². The van der Waals surface area contributed by atoms with Crippen molar-refractivity contribution in [3.05, 3.63) is 41.5 Å². The summed E-state index contributed by atoms with van der Waals surface area (Å²) in [6.45, 7) is 8.36. The molecule has 0 bridgehead atoms. The normalized spacial score (nSPS) is 17.6. The molecule has 0 spiro atoms. The quantitative estimate of drug-likeness (QED) is 0.311. The Labute approximate surface area is 216 Å². The van der Waals surface area contributed by atoms with Crippen LogP contribution in [0.3, 0.4) is 0 Å². The van der Waals surface area contributed by atoms with Crippen molar-refractivity contribution in [2.24, 2.45) is 4.99 Å². The molecule has 3 heterocycles. The Morgan fingerprint density at radius 2 is 2.08 bits per heavy atom. The van der Waals surface area contributed by atoms with Crippen molar-refractivity contribution in [2.75, 3.05) is 42.9 Å². The number of carbonyl (C=O) groups is 2. The fraction of sp³-hybridized carbons (Fsp3) is 0.500. The molecule has 11 heteroatoms. The van der Waals surface area contributed by atoms with Gasteiger partial charge in [-0.2, -0.15) is 0 Å². The molecule has 4 rings (SSSR count). The van der Waals surface area contributed by atoms with Gasteiger partial charge in [-0.1, -0.05) is 0 Å². The van der Waals surface area contributed by atoms with Crippen LogP contribution in [-0.2, 0) is 16.1 Å². The van der Waals surface area contributed by atoms with Crippen LogP contribution in [0, 0.1) is 5.82 Å². The van der Waals surface area contributed by atoms with Crippen LogP contribution in [0.25, 0.3) is 0 Å². The Kier molecular flexibility index (Phi) is 8.78. The number of hydrogen-bond acceptors (Lipinski definition) is 8. The number of amides is 1. The topological polar surface area (TPSA) is 123 Å². The second-order valence-corrected chi connectivity index (χ2v) is 9.63. The van der Waals surface area contributed by atoms with E-state index in [1.165, 1.54) is 12.4 Å². The minimum atomic E-state index is -0.808. The molecule has 10 nitrogen and oxygen atoms in total. The van der Waals surface area contributed by atoms with Gasteiger partial charge in [0.25, 0.3) is 0 Å². The van der Waals surface area contributed by atoms with E-state index >= 15 is 0 Å². The van der Waals surface area contributed by atoms with Crippen LogP contribution in [0.15, 0.2) is 29.5 Å². The number of aromatic nitrogens is 2. The molecule has 37 heavy (non-hydrogen) atoms. The second kappa shape index (κ2) is 12.2. The van der Waals surface area contributed by atoms with E-state index in [9.17, 15) is 14.0 Å². The maximum atomic E-state index is 14.7. The molecule has 1 amide bonds. The predicted octanol–water partition coefficient (Wildman–Crippen LogP) is 2.93. The second-order valence-electron chi connectivity index (χ2n) is 9.63. The number of carboxylic acids is 1. The van der Waals surface area contributed by atoms with Gasteiger partial charge in [0.1, 0.15) is 29.7 Å². The zero-order chi connectivity index (χ0) is 26.4. The van der Waals surface area contributed by atoms with Gasteiger partial charge in [0.2, 0.25) is 5.91 Å². The largest absolute Gasteiger partial charge is 0.481 e. The summed E-state index contributed by atoms with van der Waals surface area (Å²) in [5.74, 6) is -0.760. The van der Waals surface area contributed by atoms with Crippen LogP contribution < -0.4 is 15.5 Å². The van der Waals surface area contributed by atoms with E-state index in [0.717, 1.165) is 38.4 Å². The van der Waals surface area contributed by atoms with Crippen LogP contribution in [0.5, 0.6) is 0 Å². The molecular formula is C26H34FN7O3. The van der Waals surface area contributed by atoms with Gasteiger partial charge in [0.15, 0.2) is 0 Å². The molecule has 1 fully saturated rings. The first-order chi connectivity index (χ1) is 17.8. The highest BCUT2D eigenvalue weighted by molar-refractivity contribution is 6.13. The highest BCUT2D eigenvalue weighted by Gasteiger charge is 2.35. The summed E-state index contributed by atoms with van der Waals surface area (Å²) in [6, 6.07) is 4.85. The molecule has 2 aliphatic rings. The lowest BCUT2D eigenvalue weighted by atomic mass is 10.0. The third-order valence-corrected chi connectivity index (χ3v) is 6.71. The van der Waals surface area contributed by atoms with Crippen LogP contribution in [0.4, 0.5) is 21.7 Å². The highest BCUT2D eigenvalue weighted by atomic mass is 19.1. The van der Waals surface area contributed by atoms with Crippen molar-refractivity contribution >= 4 is 35.4 Å². The molecule has 0 aliphatic carbocycles. The van der Waals surface area contributed by atoms with Crippen molar-refractivity contribution in [1.82, 2.24) is 20.2 Å². The number of carbonyl (C=O) groups excluding carboxylic acids is 1. The molecule has 0 radical (unpaired) electrons. The zero-order valence-electron chi connectivity index (χ0n) is 21.3. The zero-order valence-corrected chi connectivity index (χ0v) is 21.3. The summed E-state index contributed by atoms with van der Waals surface area (Å²) in [7, 11) is 0. The number of nitrogens with zero attached hydrogens (tertiary/aromatic N) is 5. The molecule has 1 atom stereocenters. The molecule has 1 saturated heterocycles. The van der Waals surface area contributed by atoms with Crippen molar-refractivity contribution in [3.8, 4) is 0 Å². The van der Waals surface area contributed by atoms with Gasteiger partial charge < -0.3 is 20.6 Å². The molecule has 2 aromatic rings. The van der Waals surface area contributed by atoms with Gasteiger partial charge in [-0.3, -0.25) is 19.5 Å². The maximum Gasteiger partial charge on any atom is 0.303 e. The number of aliphatic imine (C=N–C) groups is 1. The third kappa shape index (κ3) is 6.66. The van der Waals surface area contributed by atoms with E-state index in [1.54, 1.807) is 18.3 Å². The van der Waals surface area contributed by atoms with Crippen LogP contribution in [0.1, 0.15) is 50.2 Å². The summed E-state index contributed by atoms with van der Waals surface area (Å²) in [6.07, 6.45) is 4.47. The van der Waals surface area contributed by atoms with Crippen LogP contribution in [-0.4, -0.2) is 76.8 Å². The first-order valence-electron chi connectivity index (χ1n) is 12.7. The highest BCUT2D eigenvalue weighted by Crippen LogP contribution is 2.36. The molecular weight excluding hydrogens is 477 g/mol. The molecule has 1 unspecified atom stereocenters. The predicted molar refractivity (Wildman–Crippen MR) is 140 cm³/mol. The van der Waals surface area contributed by atoms with E-state index in [0.29, 0.717) is 42.1 Å². The van der Waals surface area contributed by atoms with Crippen LogP contribution >= 0.6 is 0 Å². The number of aliphatic carboxylic acids is 1.